The number of hydrogen-bond donors (Lipinski definition) is 1. The van der Waals surface area contributed by atoms with Crippen LogP contribution < -0.4 is 15.4 Å². The highest BCUT2D eigenvalue weighted by molar-refractivity contribution is 5.60. The Kier molecular flexibility index (Phi) is 6.36. The van der Waals surface area contributed by atoms with E-state index < -0.39 is 0 Å². The number of methoxy groups -OCH3 is 1. The third-order valence-corrected chi connectivity index (χ3v) is 2.67. The SMILES string of the molecule is CCCOc1cc(N)cc(N(C)CCCOC)c1. The van der Waals surface area contributed by atoms with E-state index in [1.54, 1.807) is 7.11 Å². The molecular weight excluding hydrogens is 228 g/mol. The summed E-state index contributed by atoms with van der Waals surface area (Å²) in [5.74, 6) is 0.838. The first-order valence-electron chi connectivity index (χ1n) is 6.40. The van der Waals surface area contributed by atoms with E-state index in [2.05, 4.69) is 11.8 Å². The van der Waals surface area contributed by atoms with Gasteiger partial charge in [-0.1, -0.05) is 6.92 Å². The van der Waals surface area contributed by atoms with Crippen LogP contribution in [0.5, 0.6) is 5.75 Å². The summed E-state index contributed by atoms with van der Waals surface area (Å²) in [5.41, 5.74) is 7.71. The summed E-state index contributed by atoms with van der Waals surface area (Å²) >= 11 is 0. The molecule has 2 N–H and O–H groups in total. The Morgan fingerprint density at radius 3 is 2.67 bits per heavy atom. The fourth-order valence-electron chi connectivity index (χ4n) is 1.70. The molecule has 0 aliphatic heterocycles. The number of ether oxygens (including phenoxy) is 2. The Hall–Kier alpha value is -1.42. The molecule has 0 heterocycles. The topological polar surface area (TPSA) is 47.7 Å². The standard InChI is InChI=1S/C14H24N2O2/c1-4-7-18-14-10-12(15)9-13(11-14)16(2)6-5-8-17-3/h9-11H,4-8,15H2,1-3H3. The van der Waals surface area contributed by atoms with Crippen LogP contribution in [0.3, 0.4) is 0 Å². The maximum absolute atomic E-state index is 5.89. The molecule has 0 aliphatic carbocycles. The summed E-state index contributed by atoms with van der Waals surface area (Å²) < 4.78 is 10.7. The number of rotatable bonds is 8. The van der Waals surface area contributed by atoms with Crippen LogP contribution in [0.25, 0.3) is 0 Å². The minimum atomic E-state index is 0.719. The molecule has 0 saturated heterocycles. The van der Waals surface area contributed by atoms with Gasteiger partial charge in [0.05, 0.1) is 6.61 Å². The van der Waals surface area contributed by atoms with E-state index in [0.717, 1.165) is 49.7 Å². The Morgan fingerprint density at radius 1 is 1.22 bits per heavy atom. The van der Waals surface area contributed by atoms with Crippen LogP contribution in [0.2, 0.25) is 0 Å². The van der Waals surface area contributed by atoms with E-state index in [9.17, 15) is 0 Å². The predicted octanol–water partition coefficient (Wildman–Crippen LogP) is 2.53. The molecule has 0 aliphatic rings. The molecule has 1 aromatic rings. The van der Waals surface area contributed by atoms with Crippen LogP contribution in [0.1, 0.15) is 19.8 Å². The van der Waals surface area contributed by atoms with E-state index in [0.29, 0.717) is 0 Å². The van der Waals surface area contributed by atoms with Crippen molar-refractivity contribution in [3.05, 3.63) is 18.2 Å². The second-order valence-corrected chi connectivity index (χ2v) is 4.38. The van der Waals surface area contributed by atoms with Crippen LogP contribution in [-0.2, 0) is 4.74 Å². The zero-order chi connectivity index (χ0) is 13.4. The first kappa shape index (κ1) is 14.6. The summed E-state index contributed by atoms with van der Waals surface area (Å²) in [6.07, 6.45) is 1.99. The van der Waals surface area contributed by atoms with Crippen molar-refractivity contribution in [3.8, 4) is 5.75 Å². The van der Waals surface area contributed by atoms with Crippen LogP contribution in [-0.4, -0.2) is 33.9 Å². The van der Waals surface area contributed by atoms with Crippen molar-refractivity contribution >= 4 is 11.4 Å². The molecule has 0 radical (unpaired) electrons. The first-order valence-corrected chi connectivity index (χ1v) is 6.40. The Balaban J connectivity index is 2.65. The summed E-state index contributed by atoms with van der Waals surface area (Å²) in [6, 6.07) is 5.85. The second-order valence-electron chi connectivity index (χ2n) is 4.38. The lowest BCUT2D eigenvalue weighted by atomic mass is 10.2. The zero-order valence-corrected chi connectivity index (χ0v) is 11.6. The maximum Gasteiger partial charge on any atom is 0.123 e. The number of nitrogen functional groups attached to an aromatic ring is 1. The molecule has 0 atom stereocenters. The molecule has 0 bridgehead atoms. The Morgan fingerprint density at radius 2 is 2.00 bits per heavy atom. The van der Waals surface area contributed by atoms with Gasteiger partial charge in [0.1, 0.15) is 5.75 Å². The monoisotopic (exact) mass is 252 g/mol. The van der Waals surface area contributed by atoms with Crippen LogP contribution in [0.15, 0.2) is 18.2 Å². The number of nitrogens with zero attached hydrogens (tertiary/aromatic N) is 1. The second kappa shape index (κ2) is 7.82. The highest BCUT2D eigenvalue weighted by Gasteiger charge is 2.04. The van der Waals surface area contributed by atoms with Crippen LogP contribution >= 0.6 is 0 Å². The van der Waals surface area contributed by atoms with Gasteiger partial charge >= 0.3 is 0 Å². The molecule has 1 aromatic carbocycles. The maximum atomic E-state index is 5.89. The van der Waals surface area contributed by atoms with Gasteiger partial charge in [-0.25, -0.2) is 0 Å². The van der Waals surface area contributed by atoms with E-state index in [-0.39, 0.29) is 0 Å². The van der Waals surface area contributed by atoms with Gasteiger partial charge in [-0.15, -0.1) is 0 Å². The molecule has 0 amide bonds. The lowest BCUT2D eigenvalue weighted by Gasteiger charge is -2.20. The summed E-state index contributed by atoms with van der Waals surface area (Å²) in [7, 11) is 3.77. The molecule has 1 rings (SSSR count). The minimum Gasteiger partial charge on any atom is -0.493 e. The van der Waals surface area contributed by atoms with Crippen molar-refractivity contribution in [2.45, 2.75) is 19.8 Å². The first-order chi connectivity index (χ1) is 8.67. The molecule has 0 fully saturated rings. The van der Waals surface area contributed by atoms with Crippen molar-refractivity contribution in [2.75, 3.05) is 44.5 Å². The van der Waals surface area contributed by atoms with Gasteiger partial charge in [-0.05, 0) is 18.9 Å². The fourth-order valence-corrected chi connectivity index (χ4v) is 1.70. The largest absolute Gasteiger partial charge is 0.493 e. The van der Waals surface area contributed by atoms with Crippen LogP contribution in [0, 0.1) is 0 Å². The van der Waals surface area contributed by atoms with Gasteiger partial charge in [0.15, 0.2) is 0 Å². The summed E-state index contributed by atoms with van der Waals surface area (Å²) in [4.78, 5) is 2.16. The fraction of sp³-hybridized carbons (Fsp3) is 0.571. The minimum absolute atomic E-state index is 0.719. The van der Waals surface area contributed by atoms with Gasteiger partial charge in [0, 0.05) is 50.8 Å². The molecule has 0 saturated carbocycles. The van der Waals surface area contributed by atoms with Crippen molar-refractivity contribution < 1.29 is 9.47 Å². The Labute approximate surface area is 110 Å². The van der Waals surface area contributed by atoms with Crippen molar-refractivity contribution in [1.29, 1.82) is 0 Å². The number of nitrogens with two attached hydrogens (primary N) is 1. The van der Waals surface area contributed by atoms with E-state index in [4.69, 9.17) is 15.2 Å². The predicted molar refractivity (Wildman–Crippen MR) is 76.4 cm³/mol. The van der Waals surface area contributed by atoms with Crippen LogP contribution in [0.4, 0.5) is 11.4 Å². The van der Waals surface area contributed by atoms with Gasteiger partial charge in [-0.2, -0.15) is 0 Å². The van der Waals surface area contributed by atoms with Crippen molar-refractivity contribution in [3.63, 3.8) is 0 Å². The lowest BCUT2D eigenvalue weighted by Crippen LogP contribution is -2.19. The van der Waals surface area contributed by atoms with Crippen molar-refractivity contribution in [1.82, 2.24) is 0 Å². The number of hydrogen-bond acceptors (Lipinski definition) is 4. The van der Waals surface area contributed by atoms with Gasteiger partial charge in [0.2, 0.25) is 0 Å². The third-order valence-electron chi connectivity index (χ3n) is 2.67. The highest BCUT2D eigenvalue weighted by atomic mass is 16.5. The molecule has 4 heteroatoms. The van der Waals surface area contributed by atoms with Gasteiger partial charge < -0.3 is 20.1 Å². The highest BCUT2D eigenvalue weighted by Crippen LogP contribution is 2.25. The molecule has 0 aromatic heterocycles. The normalized spacial score (nSPS) is 10.4. The number of benzene rings is 1. The molecule has 4 nitrogen and oxygen atoms in total. The average molecular weight is 252 g/mol. The van der Waals surface area contributed by atoms with E-state index >= 15 is 0 Å². The summed E-state index contributed by atoms with van der Waals surface area (Å²) in [5, 5.41) is 0. The average Bonchev–Trinajstić information content (AvgIpc) is 2.36. The Bertz CT molecular complexity index is 356. The lowest BCUT2D eigenvalue weighted by molar-refractivity contribution is 0.196. The van der Waals surface area contributed by atoms with E-state index in [1.807, 2.05) is 25.2 Å². The van der Waals surface area contributed by atoms with Crippen molar-refractivity contribution in [2.24, 2.45) is 0 Å². The third kappa shape index (κ3) is 4.84. The smallest absolute Gasteiger partial charge is 0.123 e. The molecule has 0 unspecified atom stereocenters. The quantitative estimate of drug-likeness (QED) is 0.570. The molecular formula is C14H24N2O2. The zero-order valence-electron chi connectivity index (χ0n) is 11.6. The molecule has 0 spiro atoms. The van der Waals surface area contributed by atoms with Gasteiger partial charge in [0.25, 0.3) is 0 Å². The summed E-state index contributed by atoms with van der Waals surface area (Å²) in [6.45, 7) is 4.51. The van der Waals surface area contributed by atoms with Gasteiger partial charge in [-0.3, -0.25) is 0 Å². The number of anilines is 2. The molecule has 102 valence electrons. The van der Waals surface area contributed by atoms with E-state index in [1.165, 1.54) is 0 Å². The molecule has 18 heavy (non-hydrogen) atoms.